The van der Waals surface area contributed by atoms with Crippen molar-refractivity contribution in [2.75, 3.05) is 13.2 Å². The molecule has 0 aromatic heterocycles. The second-order valence-electron chi connectivity index (χ2n) is 5.24. The van der Waals surface area contributed by atoms with Crippen molar-refractivity contribution in [3.8, 4) is 11.5 Å². The van der Waals surface area contributed by atoms with E-state index in [2.05, 4.69) is 5.32 Å². The summed E-state index contributed by atoms with van der Waals surface area (Å²) in [5.41, 5.74) is 0.741. The van der Waals surface area contributed by atoms with Gasteiger partial charge in [-0.2, -0.15) is 0 Å². The van der Waals surface area contributed by atoms with Crippen molar-refractivity contribution < 1.29 is 18.7 Å². The minimum Gasteiger partial charge on any atom is -0.490 e. The fourth-order valence-corrected chi connectivity index (χ4v) is 2.19. The number of nitrogens with one attached hydrogen (secondary N) is 1. The van der Waals surface area contributed by atoms with Gasteiger partial charge in [0.25, 0.3) is 0 Å². The van der Waals surface area contributed by atoms with Crippen LogP contribution in [0.1, 0.15) is 25.3 Å². The third kappa shape index (κ3) is 5.91. The molecule has 2 rings (SSSR count). The fraction of sp³-hybridized carbons (Fsp3) is 0.316. The van der Waals surface area contributed by atoms with Gasteiger partial charge in [-0.15, -0.1) is 0 Å². The number of ether oxygens (including phenoxy) is 2. The zero-order valence-corrected chi connectivity index (χ0v) is 13.8. The summed E-state index contributed by atoms with van der Waals surface area (Å²) in [6.45, 7) is 3.24. The molecule has 0 radical (unpaired) electrons. The van der Waals surface area contributed by atoms with Gasteiger partial charge in [-0.3, -0.25) is 4.79 Å². The van der Waals surface area contributed by atoms with E-state index in [1.807, 2.05) is 31.2 Å². The van der Waals surface area contributed by atoms with Crippen LogP contribution in [0.15, 0.2) is 48.5 Å². The van der Waals surface area contributed by atoms with E-state index in [-0.39, 0.29) is 11.7 Å². The van der Waals surface area contributed by atoms with Crippen molar-refractivity contribution in [2.45, 2.75) is 26.3 Å². The number of hydrogen-bond acceptors (Lipinski definition) is 3. The summed E-state index contributed by atoms with van der Waals surface area (Å²) < 4.78 is 24.2. The van der Waals surface area contributed by atoms with Crippen molar-refractivity contribution in [1.29, 1.82) is 0 Å². The molecule has 0 spiro atoms. The lowest BCUT2D eigenvalue weighted by molar-refractivity contribution is -0.121. The Kier molecular flexibility index (Phi) is 7.08. The van der Waals surface area contributed by atoms with Crippen LogP contribution in [0, 0.1) is 5.82 Å². The lowest BCUT2D eigenvalue weighted by Gasteiger charge is -2.11. The topological polar surface area (TPSA) is 47.6 Å². The number of rotatable bonds is 9. The average molecular weight is 331 g/mol. The van der Waals surface area contributed by atoms with Crippen LogP contribution in [0.5, 0.6) is 11.5 Å². The van der Waals surface area contributed by atoms with Crippen molar-refractivity contribution in [2.24, 2.45) is 0 Å². The molecule has 1 N–H and O–H groups in total. The van der Waals surface area contributed by atoms with Gasteiger partial charge in [0.05, 0.1) is 13.2 Å². The molecule has 0 saturated heterocycles. The molecule has 1 amide bonds. The first-order chi connectivity index (χ1) is 11.7. The molecule has 0 fully saturated rings. The Labute approximate surface area is 141 Å². The summed E-state index contributed by atoms with van der Waals surface area (Å²) in [5.74, 6) is 0.999. The van der Waals surface area contributed by atoms with Crippen LogP contribution in [0.3, 0.4) is 0 Å². The van der Waals surface area contributed by atoms with Gasteiger partial charge in [0.1, 0.15) is 5.82 Å². The molecular formula is C19H22FNO3. The molecule has 0 aliphatic carbocycles. The minimum absolute atomic E-state index is 0.0824. The van der Waals surface area contributed by atoms with E-state index in [0.717, 1.165) is 5.56 Å². The van der Waals surface area contributed by atoms with Crippen LogP contribution in [0.25, 0.3) is 0 Å². The zero-order chi connectivity index (χ0) is 17.2. The molecule has 24 heavy (non-hydrogen) atoms. The van der Waals surface area contributed by atoms with Crippen molar-refractivity contribution in [3.63, 3.8) is 0 Å². The molecule has 0 aliphatic rings. The highest BCUT2D eigenvalue weighted by Crippen LogP contribution is 2.26. The minimum atomic E-state index is -0.303. The van der Waals surface area contributed by atoms with Gasteiger partial charge in [0.15, 0.2) is 11.5 Å². The predicted octanol–water partition coefficient (Wildman–Crippen LogP) is 3.70. The SMILES string of the molecule is CCOc1ccccc1OCCCC(=O)NCc1cccc(F)c1. The smallest absolute Gasteiger partial charge is 0.220 e. The Morgan fingerprint density at radius 1 is 1.08 bits per heavy atom. The highest BCUT2D eigenvalue weighted by molar-refractivity contribution is 5.75. The van der Waals surface area contributed by atoms with Crippen LogP contribution >= 0.6 is 0 Å². The van der Waals surface area contributed by atoms with Crippen molar-refractivity contribution in [3.05, 3.63) is 59.9 Å². The summed E-state index contributed by atoms with van der Waals surface area (Å²) in [6, 6.07) is 13.6. The summed E-state index contributed by atoms with van der Waals surface area (Å²) in [5, 5.41) is 2.77. The lowest BCUT2D eigenvalue weighted by atomic mass is 10.2. The summed E-state index contributed by atoms with van der Waals surface area (Å²) >= 11 is 0. The molecule has 0 unspecified atom stereocenters. The first kappa shape index (κ1) is 17.8. The summed E-state index contributed by atoms with van der Waals surface area (Å²) in [4.78, 5) is 11.8. The Bertz CT molecular complexity index is 661. The number of halogens is 1. The van der Waals surface area contributed by atoms with E-state index in [4.69, 9.17) is 9.47 Å². The highest BCUT2D eigenvalue weighted by atomic mass is 19.1. The molecule has 0 bridgehead atoms. The maximum absolute atomic E-state index is 13.0. The first-order valence-electron chi connectivity index (χ1n) is 8.05. The standard InChI is InChI=1S/C19H22FNO3/c1-2-23-17-9-3-4-10-18(17)24-12-6-11-19(22)21-14-15-7-5-8-16(20)13-15/h3-5,7-10,13H,2,6,11-12,14H2,1H3,(H,21,22). The Morgan fingerprint density at radius 2 is 1.83 bits per heavy atom. The molecule has 5 heteroatoms. The second kappa shape index (κ2) is 9.55. The van der Waals surface area contributed by atoms with Gasteiger partial charge >= 0.3 is 0 Å². The lowest BCUT2D eigenvalue weighted by Crippen LogP contribution is -2.23. The van der Waals surface area contributed by atoms with E-state index >= 15 is 0 Å². The van der Waals surface area contributed by atoms with E-state index in [1.54, 1.807) is 12.1 Å². The maximum atomic E-state index is 13.0. The Morgan fingerprint density at radius 3 is 2.54 bits per heavy atom. The molecule has 4 nitrogen and oxygen atoms in total. The van der Waals surface area contributed by atoms with Gasteiger partial charge in [0, 0.05) is 13.0 Å². The second-order valence-corrected chi connectivity index (χ2v) is 5.24. The predicted molar refractivity (Wildman–Crippen MR) is 90.6 cm³/mol. The van der Waals surface area contributed by atoms with Crippen LogP contribution in [-0.4, -0.2) is 19.1 Å². The number of hydrogen-bond donors (Lipinski definition) is 1. The van der Waals surface area contributed by atoms with Gasteiger partial charge in [-0.1, -0.05) is 24.3 Å². The quantitative estimate of drug-likeness (QED) is 0.713. The molecule has 0 heterocycles. The van der Waals surface area contributed by atoms with E-state index in [1.165, 1.54) is 12.1 Å². The van der Waals surface area contributed by atoms with Crippen LogP contribution in [0.2, 0.25) is 0 Å². The van der Waals surface area contributed by atoms with E-state index in [0.29, 0.717) is 44.1 Å². The van der Waals surface area contributed by atoms with E-state index < -0.39 is 0 Å². The summed E-state index contributed by atoms with van der Waals surface area (Å²) in [6.07, 6.45) is 0.946. The molecule has 128 valence electrons. The van der Waals surface area contributed by atoms with Gasteiger partial charge in [-0.05, 0) is 43.2 Å². The number of benzene rings is 2. The molecule has 0 aliphatic heterocycles. The molecule has 2 aromatic carbocycles. The monoisotopic (exact) mass is 331 g/mol. The van der Waals surface area contributed by atoms with E-state index in [9.17, 15) is 9.18 Å². The van der Waals surface area contributed by atoms with Crippen LogP contribution < -0.4 is 14.8 Å². The van der Waals surface area contributed by atoms with Crippen LogP contribution in [-0.2, 0) is 11.3 Å². The normalized spacial score (nSPS) is 10.2. The molecule has 0 atom stereocenters. The Balaban J connectivity index is 1.68. The molecule has 2 aromatic rings. The third-order valence-corrected chi connectivity index (χ3v) is 3.33. The van der Waals surface area contributed by atoms with Crippen LogP contribution in [0.4, 0.5) is 4.39 Å². The largest absolute Gasteiger partial charge is 0.490 e. The number of carbonyl (C=O) groups is 1. The van der Waals surface area contributed by atoms with Crippen molar-refractivity contribution in [1.82, 2.24) is 5.32 Å². The Hall–Kier alpha value is -2.56. The maximum Gasteiger partial charge on any atom is 0.220 e. The number of carbonyl (C=O) groups excluding carboxylic acids is 1. The number of amides is 1. The van der Waals surface area contributed by atoms with Gasteiger partial charge in [-0.25, -0.2) is 4.39 Å². The van der Waals surface area contributed by atoms with Gasteiger partial charge < -0.3 is 14.8 Å². The first-order valence-corrected chi connectivity index (χ1v) is 8.05. The number of para-hydroxylation sites is 2. The molecule has 0 saturated carbocycles. The average Bonchev–Trinajstić information content (AvgIpc) is 2.58. The highest BCUT2D eigenvalue weighted by Gasteiger charge is 2.05. The zero-order valence-electron chi connectivity index (χ0n) is 13.8. The van der Waals surface area contributed by atoms with Crippen molar-refractivity contribution >= 4 is 5.91 Å². The fourth-order valence-electron chi connectivity index (χ4n) is 2.19. The van der Waals surface area contributed by atoms with Gasteiger partial charge in [0.2, 0.25) is 5.91 Å². The summed E-state index contributed by atoms with van der Waals surface area (Å²) in [7, 11) is 0. The molecular weight excluding hydrogens is 309 g/mol. The third-order valence-electron chi connectivity index (χ3n) is 3.33.